The second kappa shape index (κ2) is 12.3. The molecule has 3 aromatic carbocycles. The van der Waals surface area contributed by atoms with E-state index in [1.165, 1.54) is 43.2 Å². The molecular formula is C35H35N3O2. The van der Waals surface area contributed by atoms with Crippen LogP contribution in [0.25, 0.3) is 22.1 Å². The van der Waals surface area contributed by atoms with Gasteiger partial charge < -0.3 is 14.6 Å². The second-order valence-corrected chi connectivity index (χ2v) is 10.8. The van der Waals surface area contributed by atoms with Crippen molar-refractivity contribution in [1.29, 1.82) is 0 Å². The lowest BCUT2D eigenvalue weighted by molar-refractivity contribution is 0.0700. The zero-order valence-electron chi connectivity index (χ0n) is 22.8. The third-order valence-electron chi connectivity index (χ3n) is 7.83. The molecule has 1 saturated carbocycles. The SMILES string of the molecule is O=C(c1cc2ccccc2o1)N(Cc1ccc(-c2ccc(CNC3CCCCC3)cc2)cc1)Cc1cccnc1. The first-order valence-corrected chi connectivity index (χ1v) is 14.3. The van der Waals surface area contributed by atoms with Crippen molar-refractivity contribution in [1.82, 2.24) is 15.2 Å². The van der Waals surface area contributed by atoms with E-state index < -0.39 is 0 Å². The van der Waals surface area contributed by atoms with Gasteiger partial charge in [-0.2, -0.15) is 0 Å². The lowest BCUT2D eigenvalue weighted by atomic mass is 9.95. The third kappa shape index (κ3) is 6.32. The molecule has 6 rings (SSSR count). The Morgan fingerprint density at radius 1 is 0.800 bits per heavy atom. The molecule has 0 atom stereocenters. The van der Waals surface area contributed by atoms with Gasteiger partial charge in [-0.3, -0.25) is 9.78 Å². The first kappa shape index (κ1) is 26.0. The number of furan rings is 1. The van der Waals surface area contributed by atoms with E-state index >= 15 is 0 Å². The highest BCUT2D eigenvalue weighted by atomic mass is 16.3. The van der Waals surface area contributed by atoms with Gasteiger partial charge in [0.1, 0.15) is 5.58 Å². The average molecular weight is 530 g/mol. The van der Waals surface area contributed by atoms with Crippen molar-refractivity contribution >= 4 is 16.9 Å². The fourth-order valence-corrected chi connectivity index (χ4v) is 5.56. The lowest BCUT2D eigenvalue weighted by Crippen LogP contribution is -2.30. The zero-order valence-corrected chi connectivity index (χ0v) is 22.8. The molecule has 0 radical (unpaired) electrons. The molecule has 0 spiro atoms. The van der Waals surface area contributed by atoms with Crippen LogP contribution in [-0.4, -0.2) is 21.8 Å². The van der Waals surface area contributed by atoms with Gasteiger partial charge >= 0.3 is 0 Å². The van der Waals surface area contributed by atoms with Gasteiger partial charge in [0, 0.05) is 43.5 Å². The Labute approximate surface area is 235 Å². The molecule has 1 aliphatic carbocycles. The van der Waals surface area contributed by atoms with Crippen LogP contribution in [0.15, 0.2) is 108 Å². The molecule has 5 aromatic rings. The molecule has 0 unspecified atom stereocenters. The van der Waals surface area contributed by atoms with Crippen molar-refractivity contribution in [2.75, 3.05) is 0 Å². The summed E-state index contributed by atoms with van der Waals surface area (Å²) in [6.45, 7) is 1.84. The van der Waals surface area contributed by atoms with Gasteiger partial charge in [0.25, 0.3) is 5.91 Å². The molecule has 0 bridgehead atoms. The van der Waals surface area contributed by atoms with Crippen molar-refractivity contribution in [2.45, 2.75) is 57.8 Å². The highest BCUT2D eigenvalue weighted by molar-refractivity contribution is 5.96. The number of fused-ring (bicyclic) bond motifs is 1. The van der Waals surface area contributed by atoms with Crippen LogP contribution in [0.3, 0.4) is 0 Å². The molecule has 1 aliphatic rings. The van der Waals surface area contributed by atoms with Gasteiger partial charge in [-0.05, 0) is 58.9 Å². The number of rotatable bonds is 9. The number of hydrogen-bond donors (Lipinski definition) is 1. The summed E-state index contributed by atoms with van der Waals surface area (Å²) >= 11 is 0. The van der Waals surface area contributed by atoms with Crippen LogP contribution in [0.1, 0.15) is 59.3 Å². The summed E-state index contributed by atoms with van der Waals surface area (Å²) in [5.74, 6) is 0.210. The quantitative estimate of drug-likeness (QED) is 0.212. The lowest BCUT2D eigenvalue weighted by Gasteiger charge is -2.23. The van der Waals surface area contributed by atoms with Gasteiger partial charge in [0.05, 0.1) is 0 Å². The monoisotopic (exact) mass is 529 g/mol. The van der Waals surface area contributed by atoms with Gasteiger partial charge in [0.2, 0.25) is 0 Å². The number of carbonyl (C=O) groups excluding carboxylic acids is 1. The summed E-state index contributed by atoms with van der Waals surface area (Å²) in [5.41, 5.74) is 6.43. The third-order valence-corrected chi connectivity index (χ3v) is 7.83. The van der Waals surface area contributed by atoms with Gasteiger partial charge in [-0.25, -0.2) is 0 Å². The Morgan fingerprint density at radius 3 is 2.20 bits per heavy atom. The maximum atomic E-state index is 13.6. The molecule has 1 fully saturated rings. The largest absolute Gasteiger partial charge is 0.451 e. The maximum Gasteiger partial charge on any atom is 0.290 e. The first-order chi connectivity index (χ1) is 19.7. The number of hydrogen-bond acceptors (Lipinski definition) is 4. The van der Waals surface area contributed by atoms with Crippen molar-refractivity contribution in [2.24, 2.45) is 0 Å². The minimum absolute atomic E-state index is 0.137. The summed E-state index contributed by atoms with van der Waals surface area (Å²) in [6, 6.07) is 31.4. The summed E-state index contributed by atoms with van der Waals surface area (Å²) in [6.07, 6.45) is 10.2. The number of benzene rings is 3. The van der Waals surface area contributed by atoms with Crippen LogP contribution in [0, 0.1) is 0 Å². The predicted octanol–water partition coefficient (Wildman–Crippen LogP) is 7.76. The van der Waals surface area contributed by atoms with E-state index in [1.807, 2.05) is 47.4 Å². The molecule has 40 heavy (non-hydrogen) atoms. The minimum atomic E-state index is -0.137. The van der Waals surface area contributed by atoms with E-state index in [2.05, 4.69) is 58.8 Å². The maximum absolute atomic E-state index is 13.6. The van der Waals surface area contributed by atoms with E-state index in [9.17, 15) is 4.79 Å². The van der Waals surface area contributed by atoms with Gasteiger partial charge in [0.15, 0.2) is 5.76 Å². The van der Waals surface area contributed by atoms with Gasteiger partial charge in [-0.1, -0.05) is 92.1 Å². The number of para-hydroxylation sites is 1. The number of carbonyl (C=O) groups is 1. The van der Waals surface area contributed by atoms with E-state index in [0.717, 1.165) is 28.6 Å². The fourth-order valence-electron chi connectivity index (χ4n) is 5.56. The van der Waals surface area contributed by atoms with Gasteiger partial charge in [-0.15, -0.1) is 0 Å². The Kier molecular flexibility index (Phi) is 8.01. The zero-order chi connectivity index (χ0) is 27.1. The van der Waals surface area contributed by atoms with Crippen molar-refractivity contribution < 1.29 is 9.21 Å². The molecule has 2 aromatic heterocycles. The van der Waals surface area contributed by atoms with Crippen LogP contribution in [0.5, 0.6) is 0 Å². The Morgan fingerprint density at radius 2 is 1.50 bits per heavy atom. The molecule has 0 aliphatic heterocycles. The van der Waals surface area contributed by atoms with Crippen molar-refractivity contribution in [3.05, 3.63) is 126 Å². The molecule has 1 N–H and O–H groups in total. The average Bonchev–Trinajstić information content (AvgIpc) is 3.46. The fraction of sp³-hybridized carbons (Fsp3) is 0.257. The highest BCUT2D eigenvalue weighted by Gasteiger charge is 2.21. The molecule has 202 valence electrons. The van der Waals surface area contributed by atoms with Crippen molar-refractivity contribution in [3.63, 3.8) is 0 Å². The van der Waals surface area contributed by atoms with E-state index in [-0.39, 0.29) is 5.91 Å². The van der Waals surface area contributed by atoms with Crippen LogP contribution in [-0.2, 0) is 19.6 Å². The predicted molar refractivity (Wildman–Crippen MR) is 160 cm³/mol. The van der Waals surface area contributed by atoms with Crippen LogP contribution in [0.2, 0.25) is 0 Å². The normalized spacial score (nSPS) is 13.9. The second-order valence-electron chi connectivity index (χ2n) is 10.8. The number of pyridine rings is 1. The number of nitrogens with one attached hydrogen (secondary N) is 1. The first-order valence-electron chi connectivity index (χ1n) is 14.3. The molecule has 2 heterocycles. The number of aromatic nitrogens is 1. The van der Waals surface area contributed by atoms with Crippen LogP contribution < -0.4 is 5.32 Å². The van der Waals surface area contributed by atoms with Crippen LogP contribution >= 0.6 is 0 Å². The molecular weight excluding hydrogens is 494 g/mol. The van der Waals surface area contributed by atoms with E-state index in [0.29, 0.717) is 30.5 Å². The van der Waals surface area contributed by atoms with E-state index in [4.69, 9.17) is 4.42 Å². The van der Waals surface area contributed by atoms with E-state index in [1.54, 1.807) is 12.4 Å². The topological polar surface area (TPSA) is 58.4 Å². The summed E-state index contributed by atoms with van der Waals surface area (Å²) in [4.78, 5) is 19.7. The molecule has 0 saturated heterocycles. The summed E-state index contributed by atoms with van der Waals surface area (Å²) in [7, 11) is 0. The summed E-state index contributed by atoms with van der Waals surface area (Å²) < 4.78 is 5.91. The molecule has 5 heteroatoms. The standard InChI is InChI=1S/C35H35N3O2/c39-35(34-21-31-8-4-5-11-33(31)40-34)38(25-28-7-6-20-36-22-28)24-27-14-18-30(19-15-27)29-16-12-26(13-17-29)23-37-32-9-2-1-3-10-32/h4-8,11-22,32,37H,1-3,9-10,23-25H2. The Hall–Kier alpha value is -4.22. The highest BCUT2D eigenvalue weighted by Crippen LogP contribution is 2.24. The van der Waals surface area contributed by atoms with Crippen molar-refractivity contribution in [3.8, 4) is 11.1 Å². The Bertz CT molecular complexity index is 1500. The summed E-state index contributed by atoms with van der Waals surface area (Å²) in [5, 5.41) is 4.65. The minimum Gasteiger partial charge on any atom is -0.451 e. The van der Waals surface area contributed by atoms with Crippen LogP contribution in [0.4, 0.5) is 0 Å². The Balaban J connectivity index is 1.15. The molecule has 1 amide bonds. The molecule has 5 nitrogen and oxygen atoms in total. The smallest absolute Gasteiger partial charge is 0.290 e. The number of nitrogens with zero attached hydrogens (tertiary/aromatic N) is 2. The number of amides is 1.